The fourth-order valence-corrected chi connectivity index (χ4v) is 2.53. The molecule has 0 aliphatic heterocycles. The number of pyridine rings is 1. The molecule has 1 heterocycles. The Bertz CT molecular complexity index is 688. The third-order valence-corrected chi connectivity index (χ3v) is 4.09. The molecule has 20 heavy (non-hydrogen) atoms. The van der Waals surface area contributed by atoms with Gasteiger partial charge in [-0.05, 0) is 18.2 Å². The zero-order valence-corrected chi connectivity index (χ0v) is 12.9. The first-order valence-electron chi connectivity index (χ1n) is 5.41. The minimum atomic E-state index is -1.02. The summed E-state index contributed by atoms with van der Waals surface area (Å²) in [5.41, 5.74) is 1.42. The molecule has 3 nitrogen and oxygen atoms in total. The SMILES string of the molecule is O=C(O)Cc1nc(Cl)ccc1-c1ccc(Cl)c(Cl)c1Cl. The molecule has 0 saturated heterocycles. The van der Waals surface area contributed by atoms with E-state index in [2.05, 4.69) is 4.98 Å². The van der Waals surface area contributed by atoms with Gasteiger partial charge in [0.05, 0.1) is 27.2 Å². The summed E-state index contributed by atoms with van der Waals surface area (Å²) in [6.45, 7) is 0. The van der Waals surface area contributed by atoms with Gasteiger partial charge in [-0.25, -0.2) is 4.98 Å². The second kappa shape index (κ2) is 6.19. The Kier molecular flexibility index (Phi) is 4.76. The van der Waals surface area contributed by atoms with E-state index in [0.29, 0.717) is 21.8 Å². The highest BCUT2D eigenvalue weighted by molar-refractivity contribution is 6.49. The summed E-state index contributed by atoms with van der Waals surface area (Å²) >= 11 is 23.8. The van der Waals surface area contributed by atoms with Gasteiger partial charge in [-0.2, -0.15) is 0 Å². The number of aromatic nitrogens is 1. The largest absolute Gasteiger partial charge is 0.481 e. The summed E-state index contributed by atoms with van der Waals surface area (Å²) < 4.78 is 0. The molecule has 0 spiro atoms. The standard InChI is InChI=1S/C13H7Cl4NO2/c14-8-3-1-7(12(16)13(8)17)6-2-4-10(15)18-9(6)5-11(19)20/h1-4H,5H2,(H,19,20). The van der Waals surface area contributed by atoms with E-state index in [1.165, 1.54) is 0 Å². The van der Waals surface area contributed by atoms with Crippen molar-refractivity contribution < 1.29 is 9.90 Å². The summed E-state index contributed by atoms with van der Waals surface area (Å²) in [5, 5.41) is 9.92. The van der Waals surface area contributed by atoms with Crippen molar-refractivity contribution in [1.29, 1.82) is 0 Å². The lowest BCUT2D eigenvalue weighted by atomic mass is 10.0. The van der Waals surface area contributed by atoms with E-state index in [-0.39, 0.29) is 21.6 Å². The third-order valence-electron chi connectivity index (χ3n) is 2.58. The molecular formula is C13H7Cl4NO2. The lowest BCUT2D eigenvalue weighted by molar-refractivity contribution is -0.136. The molecule has 0 atom stereocenters. The highest BCUT2D eigenvalue weighted by Gasteiger charge is 2.16. The first-order valence-corrected chi connectivity index (χ1v) is 6.92. The number of carboxylic acid groups (broad SMARTS) is 1. The molecule has 1 N–H and O–H groups in total. The average molecular weight is 351 g/mol. The fraction of sp³-hybridized carbons (Fsp3) is 0.0769. The Labute approximate surface area is 135 Å². The van der Waals surface area contributed by atoms with Crippen LogP contribution in [0.2, 0.25) is 20.2 Å². The number of hydrogen-bond acceptors (Lipinski definition) is 2. The highest BCUT2D eigenvalue weighted by Crippen LogP contribution is 2.39. The molecule has 0 radical (unpaired) electrons. The first-order chi connectivity index (χ1) is 9.40. The highest BCUT2D eigenvalue weighted by atomic mass is 35.5. The van der Waals surface area contributed by atoms with Gasteiger partial charge in [0, 0.05) is 11.1 Å². The number of nitrogens with zero attached hydrogens (tertiary/aromatic N) is 1. The molecule has 2 rings (SSSR count). The number of halogens is 4. The number of hydrogen-bond donors (Lipinski definition) is 1. The molecular weight excluding hydrogens is 344 g/mol. The van der Waals surface area contributed by atoms with E-state index in [0.717, 1.165) is 0 Å². The number of rotatable bonds is 3. The number of carbonyl (C=O) groups is 1. The molecule has 7 heteroatoms. The van der Waals surface area contributed by atoms with Crippen molar-refractivity contribution in [2.75, 3.05) is 0 Å². The van der Waals surface area contributed by atoms with Crippen LogP contribution >= 0.6 is 46.4 Å². The van der Waals surface area contributed by atoms with Crippen molar-refractivity contribution in [3.8, 4) is 11.1 Å². The van der Waals surface area contributed by atoms with Crippen LogP contribution in [0.1, 0.15) is 5.69 Å². The number of benzene rings is 1. The Morgan fingerprint density at radius 1 is 1.00 bits per heavy atom. The predicted octanol–water partition coefficient (Wildman–Crippen LogP) is 4.99. The van der Waals surface area contributed by atoms with E-state index < -0.39 is 5.97 Å². The van der Waals surface area contributed by atoms with Gasteiger partial charge in [0.15, 0.2) is 0 Å². The Morgan fingerprint density at radius 3 is 2.30 bits per heavy atom. The molecule has 0 fully saturated rings. The summed E-state index contributed by atoms with van der Waals surface area (Å²) in [5.74, 6) is -1.02. The van der Waals surface area contributed by atoms with Gasteiger partial charge in [0.1, 0.15) is 5.15 Å². The van der Waals surface area contributed by atoms with E-state index >= 15 is 0 Å². The van der Waals surface area contributed by atoms with Gasteiger partial charge in [-0.15, -0.1) is 0 Å². The second-order valence-corrected chi connectivity index (χ2v) is 5.47. The molecule has 0 saturated carbocycles. The predicted molar refractivity (Wildman–Crippen MR) is 81.1 cm³/mol. The van der Waals surface area contributed by atoms with Gasteiger partial charge in [0.25, 0.3) is 0 Å². The molecule has 0 aliphatic carbocycles. The number of aliphatic carboxylic acids is 1. The lowest BCUT2D eigenvalue weighted by Crippen LogP contribution is -2.04. The molecule has 1 aromatic carbocycles. The van der Waals surface area contributed by atoms with Crippen molar-refractivity contribution in [2.45, 2.75) is 6.42 Å². The zero-order chi connectivity index (χ0) is 14.9. The van der Waals surface area contributed by atoms with Crippen molar-refractivity contribution in [1.82, 2.24) is 4.98 Å². The van der Waals surface area contributed by atoms with Gasteiger partial charge < -0.3 is 5.11 Å². The average Bonchev–Trinajstić information content (AvgIpc) is 2.37. The van der Waals surface area contributed by atoms with Crippen LogP contribution in [0.5, 0.6) is 0 Å². The topological polar surface area (TPSA) is 50.2 Å². The molecule has 0 amide bonds. The van der Waals surface area contributed by atoms with E-state index in [9.17, 15) is 4.79 Å². The van der Waals surface area contributed by atoms with Crippen molar-refractivity contribution in [3.05, 3.63) is 50.2 Å². The van der Waals surface area contributed by atoms with E-state index in [1.54, 1.807) is 24.3 Å². The van der Waals surface area contributed by atoms with E-state index in [1.807, 2.05) is 0 Å². The van der Waals surface area contributed by atoms with Crippen LogP contribution in [0.15, 0.2) is 24.3 Å². The van der Waals surface area contributed by atoms with Crippen LogP contribution in [0.4, 0.5) is 0 Å². The van der Waals surface area contributed by atoms with Crippen molar-refractivity contribution >= 4 is 52.4 Å². The Hall–Kier alpha value is -1.000. The summed E-state index contributed by atoms with van der Waals surface area (Å²) in [6.07, 6.45) is -0.271. The van der Waals surface area contributed by atoms with Crippen molar-refractivity contribution in [2.24, 2.45) is 0 Å². The fourth-order valence-electron chi connectivity index (χ4n) is 1.73. The summed E-state index contributed by atoms with van der Waals surface area (Å²) in [4.78, 5) is 14.9. The van der Waals surface area contributed by atoms with Gasteiger partial charge in [-0.3, -0.25) is 4.79 Å². The third kappa shape index (κ3) is 3.18. The monoisotopic (exact) mass is 349 g/mol. The maximum atomic E-state index is 10.9. The molecule has 1 aromatic heterocycles. The minimum absolute atomic E-state index is 0.209. The maximum absolute atomic E-state index is 10.9. The van der Waals surface area contributed by atoms with Gasteiger partial charge >= 0.3 is 5.97 Å². The van der Waals surface area contributed by atoms with Crippen molar-refractivity contribution in [3.63, 3.8) is 0 Å². The van der Waals surface area contributed by atoms with Crippen LogP contribution in [0.3, 0.4) is 0 Å². The van der Waals surface area contributed by atoms with E-state index in [4.69, 9.17) is 51.5 Å². The van der Waals surface area contributed by atoms with Gasteiger partial charge in [-0.1, -0.05) is 52.5 Å². The second-order valence-electron chi connectivity index (χ2n) is 3.92. The number of carboxylic acids is 1. The quantitative estimate of drug-likeness (QED) is 0.626. The molecule has 0 unspecified atom stereocenters. The van der Waals surface area contributed by atoms with Crippen LogP contribution < -0.4 is 0 Å². The lowest BCUT2D eigenvalue weighted by Gasteiger charge is -2.11. The molecule has 2 aromatic rings. The van der Waals surface area contributed by atoms with Gasteiger partial charge in [0.2, 0.25) is 0 Å². The Morgan fingerprint density at radius 2 is 1.65 bits per heavy atom. The summed E-state index contributed by atoms with van der Waals surface area (Å²) in [6, 6.07) is 6.46. The summed E-state index contributed by atoms with van der Waals surface area (Å²) in [7, 11) is 0. The normalized spacial score (nSPS) is 10.6. The molecule has 104 valence electrons. The smallest absolute Gasteiger partial charge is 0.309 e. The Balaban J connectivity index is 2.63. The maximum Gasteiger partial charge on any atom is 0.309 e. The minimum Gasteiger partial charge on any atom is -0.481 e. The van der Waals surface area contributed by atoms with Crippen LogP contribution in [0, 0.1) is 0 Å². The van der Waals surface area contributed by atoms with Crippen LogP contribution in [0.25, 0.3) is 11.1 Å². The van der Waals surface area contributed by atoms with Crippen LogP contribution in [-0.4, -0.2) is 16.1 Å². The molecule has 0 aliphatic rings. The first kappa shape index (κ1) is 15.4. The molecule has 0 bridgehead atoms. The zero-order valence-electron chi connectivity index (χ0n) is 9.83. The van der Waals surface area contributed by atoms with Crippen LogP contribution in [-0.2, 0) is 11.2 Å².